The molecule has 1 saturated carbocycles. The average molecular weight is 352 g/mol. The van der Waals surface area contributed by atoms with E-state index in [1.807, 2.05) is 48.5 Å². The van der Waals surface area contributed by atoms with E-state index in [1.54, 1.807) is 0 Å². The van der Waals surface area contributed by atoms with Gasteiger partial charge in [0.2, 0.25) is 0 Å². The second-order valence-electron chi connectivity index (χ2n) is 6.83. The molecule has 0 radical (unpaired) electrons. The summed E-state index contributed by atoms with van der Waals surface area (Å²) >= 11 is 0. The minimum absolute atomic E-state index is 0.0635. The number of carboxylic acid groups (broad SMARTS) is 1. The van der Waals surface area contributed by atoms with E-state index < -0.39 is 17.5 Å². The molecule has 2 unspecified atom stereocenters. The van der Waals surface area contributed by atoms with E-state index in [4.69, 9.17) is 9.84 Å². The first-order valence-electron chi connectivity index (χ1n) is 9.16. The highest BCUT2D eigenvalue weighted by Gasteiger charge is 2.46. The van der Waals surface area contributed by atoms with E-state index in [0.717, 1.165) is 36.8 Å². The van der Waals surface area contributed by atoms with E-state index in [0.29, 0.717) is 0 Å². The van der Waals surface area contributed by atoms with Crippen LogP contribution in [0.15, 0.2) is 60.7 Å². The van der Waals surface area contributed by atoms with Crippen molar-refractivity contribution in [3.05, 3.63) is 71.8 Å². The Morgan fingerprint density at radius 2 is 1.62 bits per heavy atom. The van der Waals surface area contributed by atoms with Crippen LogP contribution in [0.25, 0.3) is 0 Å². The molecular weight excluding hydrogens is 328 g/mol. The Hall–Kier alpha value is -2.62. The summed E-state index contributed by atoms with van der Waals surface area (Å²) in [5, 5.41) is 8.87. The third-order valence-corrected chi connectivity index (χ3v) is 5.16. The molecule has 1 N–H and O–H groups in total. The number of rotatable bonds is 6. The quantitative estimate of drug-likeness (QED) is 0.769. The van der Waals surface area contributed by atoms with Crippen molar-refractivity contribution in [3.63, 3.8) is 0 Å². The number of hydrogen-bond acceptors (Lipinski definition) is 3. The summed E-state index contributed by atoms with van der Waals surface area (Å²) in [5.74, 6) is -1.37. The van der Waals surface area contributed by atoms with Gasteiger partial charge in [-0.15, -0.1) is 0 Å². The molecule has 0 bridgehead atoms. The van der Waals surface area contributed by atoms with Gasteiger partial charge in [-0.3, -0.25) is 9.59 Å². The molecule has 26 heavy (non-hydrogen) atoms. The lowest BCUT2D eigenvalue weighted by Crippen LogP contribution is -2.41. The van der Waals surface area contributed by atoms with Crippen LogP contribution in [0.1, 0.15) is 55.6 Å². The summed E-state index contributed by atoms with van der Waals surface area (Å²) in [6.45, 7) is 0. The molecule has 3 rings (SSSR count). The number of benzene rings is 2. The normalized spacial score (nSPS) is 22.5. The molecule has 1 fully saturated rings. The van der Waals surface area contributed by atoms with Crippen LogP contribution in [-0.4, -0.2) is 17.0 Å². The lowest BCUT2D eigenvalue weighted by Gasteiger charge is -2.44. The van der Waals surface area contributed by atoms with E-state index in [1.165, 1.54) is 0 Å². The second-order valence-corrected chi connectivity index (χ2v) is 6.83. The number of aliphatic carboxylic acids is 1. The fourth-order valence-electron chi connectivity index (χ4n) is 3.97. The third-order valence-electron chi connectivity index (χ3n) is 5.16. The standard InChI is InChI=1S/C22H24O4/c23-20(24)14-15-21(25)26-22(18-11-5-2-6-12-18)16-8-7-13-19(22)17-9-3-1-4-10-17/h1-6,9-12,19H,7-8,13-16H2,(H,23,24). The lowest BCUT2D eigenvalue weighted by atomic mass is 9.68. The summed E-state index contributed by atoms with van der Waals surface area (Å²) in [5.41, 5.74) is 1.40. The van der Waals surface area contributed by atoms with Crippen molar-refractivity contribution in [2.24, 2.45) is 0 Å². The van der Waals surface area contributed by atoms with Crippen LogP contribution >= 0.6 is 0 Å². The van der Waals surface area contributed by atoms with Crippen molar-refractivity contribution in [3.8, 4) is 0 Å². The topological polar surface area (TPSA) is 63.6 Å². The van der Waals surface area contributed by atoms with Crippen LogP contribution < -0.4 is 0 Å². The molecule has 4 nitrogen and oxygen atoms in total. The Kier molecular flexibility index (Phi) is 5.71. The first-order chi connectivity index (χ1) is 12.6. The SMILES string of the molecule is O=C(O)CCC(=O)OC1(c2ccccc2)CCCCC1c1ccccc1. The molecule has 0 amide bonds. The summed E-state index contributed by atoms with van der Waals surface area (Å²) in [6, 6.07) is 20.0. The molecule has 0 aromatic heterocycles. The van der Waals surface area contributed by atoms with Gasteiger partial charge in [0.1, 0.15) is 5.60 Å². The van der Waals surface area contributed by atoms with Gasteiger partial charge in [0.05, 0.1) is 12.8 Å². The molecule has 0 heterocycles. The summed E-state index contributed by atoms with van der Waals surface area (Å²) in [6.07, 6.45) is 3.43. The van der Waals surface area contributed by atoms with Gasteiger partial charge in [-0.2, -0.15) is 0 Å². The predicted octanol–water partition coefficient (Wildman–Crippen LogP) is 4.65. The number of esters is 1. The van der Waals surface area contributed by atoms with Crippen molar-refractivity contribution < 1.29 is 19.4 Å². The van der Waals surface area contributed by atoms with Gasteiger partial charge in [0, 0.05) is 5.92 Å². The molecule has 0 saturated heterocycles. The monoisotopic (exact) mass is 352 g/mol. The molecule has 2 aromatic rings. The van der Waals surface area contributed by atoms with Crippen LogP contribution in [0.5, 0.6) is 0 Å². The molecular formula is C22H24O4. The summed E-state index contributed by atoms with van der Waals surface area (Å²) < 4.78 is 6.08. The summed E-state index contributed by atoms with van der Waals surface area (Å²) in [7, 11) is 0. The zero-order valence-electron chi connectivity index (χ0n) is 14.8. The van der Waals surface area contributed by atoms with Crippen LogP contribution in [0.2, 0.25) is 0 Å². The maximum Gasteiger partial charge on any atom is 0.307 e. The van der Waals surface area contributed by atoms with Crippen LogP contribution in [-0.2, 0) is 19.9 Å². The smallest absolute Gasteiger partial charge is 0.307 e. The molecule has 136 valence electrons. The zero-order chi connectivity index (χ0) is 18.4. The lowest BCUT2D eigenvalue weighted by molar-refractivity contribution is -0.169. The molecule has 0 aliphatic heterocycles. The van der Waals surface area contributed by atoms with E-state index >= 15 is 0 Å². The average Bonchev–Trinajstić information content (AvgIpc) is 2.68. The zero-order valence-corrected chi connectivity index (χ0v) is 14.8. The number of carboxylic acids is 1. The predicted molar refractivity (Wildman–Crippen MR) is 98.7 cm³/mol. The Labute approximate surface area is 153 Å². The maximum atomic E-state index is 12.5. The Bertz CT molecular complexity index is 741. The van der Waals surface area contributed by atoms with Crippen molar-refractivity contribution in [1.82, 2.24) is 0 Å². The highest BCUT2D eigenvalue weighted by atomic mass is 16.6. The van der Waals surface area contributed by atoms with E-state index in [2.05, 4.69) is 12.1 Å². The van der Waals surface area contributed by atoms with Crippen LogP contribution in [0.3, 0.4) is 0 Å². The molecule has 4 heteroatoms. The second kappa shape index (κ2) is 8.17. The molecule has 1 aliphatic carbocycles. The molecule has 2 atom stereocenters. The van der Waals surface area contributed by atoms with Gasteiger partial charge in [0.15, 0.2) is 0 Å². The van der Waals surface area contributed by atoms with Crippen molar-refractivity contribution in [2.75, 3.05) is 0 Å². The van der Waals surface area contributed by atoms with Gasteiger partial charge in [-0.1, -0.05) is 67.1 Å². The highest BCUT2D eigenvalue weighted by molar-refractivity contribution is 5.77. The van der Waals surface area contributed by atoms with Gasteiger partial charge in [-0.25, -0.2) is 0 Å². The third kappa shape index (κ3) is 3.96. The van der Waals surface area contributed by atoms with Gasteiger partial charge < -0.3 is 9.84 Å². The van der Waals surface area contributed by atoms with Gasteiger partial charge in [-0.05, 0) is 30.4 Å². The first-order valence-corrected chi connectivity index (χ1v) is 9.16. The Balaban J connectivity index is 1.98. The maximum absolute atomic E-state index is 12.5. The fourth-order valence-corrected chi connectivity index (χ4v) is 3.97. The van der Waals surface area contributed by atoms with Crippen molar-refractivity contribution in [2.45, 2.75) is 50.0 Å². The van der Waals surface area contributed by atoms with Gasteiger partial charge in [0.25, 0.3) is 0 Å². The Morgan fingerprint density at radius 1 is 0.962 bits per heavy atom. The Morgan fingerprint density at radius 3 is 2.27 bits per heavy atom. The number of ether oxygens (including phenoxy) is 1. The molecule has 0 spiro atoms. The number of carbonyl (C=O) groups excluding carboxylic acids is 1. The van der Waals surface area contributed by atoms with Crippen LogP contribution in [0, 0.1) is 0 Å². The van der Waals surface area contributed by atoms with Crippen LogP contribution in [0.4, 0.5) is 0 Å². The molecule has 2 aromatic carbocycles. The minimum Gasteiger partial charge on any atom is -0.481 e. The number of hydrogen-bond donors (Lipinski definition) is 1. The molecule has 1 aliphatic rings. The van der Waals surface area contributed by atoms with Crippen molar-refractivity contribution >= 4 is 11.9 Å². The number of carbonyl (C=O) groups is 2. The van der Waals surface area contributed by atoms with E-state index in [9.17, 15) is 9.59 Å². The van der Waals surface area contributed by atoms with E-state index in [-0.39, 0.29) is 18.8 Å². The first kappa shape index (κ1) is 18.2. The van der Waals surface area contributed by atoms with Crippen molar-refractivity contribution in [1.29, 1.82) is 0 Å². The van der Waals surface area contributed by atoms with Gasteiger partial charge >= 0.3 is 11.9 Å². The minimum atomic E-state index is -0.987. The summed E-state index contributed by atoms with van der Waals surface area (Å²) in [4.78, 5) is 23.3. The fraction of sp³-hybridized carbons (Fsp3) is 0.364. The largest absolute Gasteiger partial charge is 0.481 e. The highest BCUT2D eigenvalue weighted by Crippen LogP contribution is 2.50.